The Kier molecular flexibility index (Phi) is 4.03. The highest BCUT2D eigenvalue weighted by Crippen LogP contribution is 2.39. The number of aryl methyl sites for hydroxylation is 1. The molecule has 1 amide bonds. The molecule has 0 atom stereocenters. The van der Waals surface area contributed by atoms with Gasteiger partial charge >= 0.3 is 12.3 Å². The zero-order valence-electron chi connectivity index (χ0n) is 11.2. The van der Waals surface area contributed by atoms with E-state index in [0.29, 0.717) is 0 Å². The highest BCUT2D eigenvalue weighted by molar-refractivity contribution is 5.73. The standard InChI is InChI=1S/C14H10F4N2O2/c1-7-12(10(4-5-20-7)14(16,17)18)9-3-2-8(6-11(9)15)22-13(19)21/h2-6H,1H3,(H2,19,21). The number of ether oxygens (including phenoxy) is 1. The van der Waals surface area contributed by atoms with Gasteiger partial charge in [-0.25, -0.2) is 9.18 Å². The normalized spacial score (nSPS) is 11.3. The number of rotatable bonds is 2. The number of alkyl halides is 3. The lowest BCUT2D eigenvalue weighted by molar-refractivity contribution is -0.137. The molecular formula is C14H10F4N2O2. The van der Waals surface area contributed by atoms with E-state index in [4.69, 9.17) is 5.73 Å². The Labute approximate surface area is 122 Å². The summed E-state index contributed by atoms with van der Waals surface area (Å²) in [5, 5.41) is 0. The number of aromatic nitrogens is 1. The first-order valence-electron chi connectivity index (χ1n) is 6.00. The van der Waals surface area contributed by atoms with E-state index in [0.717, 1.165) is 30.5 Å². The van der Waals surface area contributed by atoms with Gasteiger partial charge in [0.15, 0.2) is 0 Å². The van der Waals surface area contributed by atoms with Crippen LogP contribution in [0.4, 0.5) is 22.4 Å². The van der Waals surface area contributed by atoms with Gasteiger partial charge in [-0.2, -0.15) is 13.2 Å². The SMILES string of the molecule is Cc1nccc(C(F)(F)F)c1-c1ccc(OC(N)=O)cc1F. The molecule has 2 rings (SSSR count). The van der Waals surface area contributed by atoms with Crippen molar-refractivity contribution in [3.05, 3.63) is 47.5 Å². The molecule has 1 aromatic carbocycles. The number of primary amides is 1. The molecule has 1 heterocycles. The molecule has 0 aliphatic heterocycles. The molecule has 0 radical (unpaired) electrons. The molecule has 0 bridgehead atoms. The molecule has 1 aromatic heterocycles. The second kappa shape index (κ2) is 5.63. The lowest BCUT2D eigenvalue weighted by Gasteiger charge is -2.15. The summed E-state index contributed by atoms with van der Waals surface area (Å²) in [6, 6.07) is 3.78. The number of nitrogens with zero attached hydrogens (tertiary/aromatic N) is 1. The van der Waals surface area contributed by atoms with Gasteiger partial charge in [0.05, 0.1) is 5.56 Å². The van der Waals surface area contributed by atoms with Gasteiger partial charge < -0.3 is 10.5 Å². The van der Waals surface area contributed by atoms with Crippen LogP contribution in [0.5, 0.6) is 5.75 Å². The van der Waals surface area contributed by atoms with Gasteiger partial charge in [-0.3, -0.25) is 4.98 Å². The first-order valence-corrected chi connectivity index (χ1v) is 6.00. The first-order chi connectivity index (χ1) is 10.2. The number of benzene rings is 1. The Morgan fingerprint density at radius 3 is 2.50 bits per heavy atom. The van der Waals surface area contributed by atoms with E-state index in [1.807, 2.05) is 0 Å². The van der Waals surface area contributed by atoms with Crippen molar-refractivity contribution < 1.29 is 27.1 Å². The minimum atomic E-state index is -4.65. The number of nitrogens with two attached hydrogens (primary N) is 1. The molecule has 0 saturated carbocycles. The average Bonchev–Trinajstić information content (AvgIpc) is 2.37. The summed E-state index contributed by atoms with van der Waals surface area (Å²) >= 11 is 0. The molecule has 0 aliphatic carbocycles. The van der Waals surface area contributed by atoms with E-state index in [-0.39, 0.29) is 22.6 Å². The molecule has 0 unspecified atom stereocenters. The zero-order valence-corrected chi connectivity index (χ0v) is 11.2. The summed E-state index contributed by atoms with van der Waals surface area (Å²) < 4.78 is 57.8. The van der Waals surface area contributed by atoms with E-state index in [9.17, 15) is 22.4 Å². The molecular weight excluding hydrogens is 304 g/mol. The van der Waals surface area contributed by atoms with Crippen LogP contribution in [0.1, 0.15) is 11.3 Å². The minimum Gasteiger partial charge on any atom is -0.410 e. The maximum Gasteiger partial charge on any atom is 0.417 e. The number of hydrogen-bond acceptors (Lipinski definition) is 3. The highest BCUT2D eigenvalue weighted by atomic mass is 19.4. The van der Waals surface area contributed by atoms with Gasteiger partial charge in [0.25, 0.3) is 0 Å². The summed E-state index contributed by atoms with van der Waals surface area (Å²) in [5.74, 6) is -1.19. The summed E-state index contributed by atoms with van der Waals surface area (Å²) in [5.41, 5.74) is 3.15. The first kappa shape index (κ1) is 15.7. The minimum absolute atomic E-state index is 0.0253. The Morgan fingerprint density at radius 1 is 1.27 bits per heavy atom. The molecule has 2 N–H and O–H groups in total. The third-order valence-electron chi connectivity index (χ3n) is 2.87. The molecule has 4 nitrogen and oxygen atoms in total. The van der Waals surface area contributed by atoms with Crippen LogP contribution in [0.15, 0.2) is 30.5 Å². The lowest BCUT2D eigenvalue weighted by Crippen LogP contribution is -2.16. The smallest absolute Gasteiger partial charge is 0.410 e. The van der Waals surface area contributed by atoms with Crippen LogP contribution in [0.2, 0.25) is 0 Å². The maximum absolute atomic E-state index is 14.1. The zero-order chi connectivity index (χ0) is 16.5. The molecule has 0 spiro atoms. The van der Waals surface area contributed by atoms with Crippen LogP contribution in [0.25, 0.3) is 11.1 Å². The van der Waals surface area contributed by atoms with Crippen molar-refractivity contribution in [2.24, 2.45) is 5.73 Å². The van der Waals surface area contributed by atoms with Crippen molar-refractivity contribution in [3.8, 4) is 16.9 Å². The Hall–Kier alpha value is -2.64. The van der Waals surface area contributed by atoms with Gasteiger partial charge in [0.2, 0.25) is 0 Å². The largest absolute Gasteiger partial charge is 0.417 e. The van der Waals surface area contributed by atoms with E-state index in [1.165, 1.54) is 6.92 Å². The van der Waals surface area contributed by atoms with Gasteiger partial charge in [-0.15, -0.1) is 0 Å². The Balaban J connectivity index is 2.60. The van der Waals surface area contributed by atoms with Crippen molar-refractivity contribution in [2.75, 3.05) is 0 Å². The third-order valence-corrected chi connectivity index (χ3v) is 2.87. The summed E-state index contributed by atoms with van der Waals surface area (Å²) in [7, 11) is 0. The fourth-order valence-electron chi connectivity index (χ4n) is 2.02. The van der Waals surface area contributed by atoms with Crippen LogP contribution >= 0.6 is 0 Å². The number of hydrogen-bond donors (Lipinski definition) is 1. The summed E-state index contributed by atoms with van der Waals surface area (Å²) in [6.45, 7) is 1.35. The maximum atomic E-state index is 14.1. The molecule has 0 saturated heterocycles. The van der Waals surface area contributed by atoms with Crippen LogP contribution in [-0.4, -0.2) is 11.1 Å². The molecule has 8 heteroatoms. The van der Waals surface area contributed by atoms with Crippen LogP contribution in [0, 0.1) is 12.7 Å². The predicted octanol–water partition coefficient (Wildman–Crippen LogP) is 3.67. The fourth-order valence-corrected chi connectivity index (χ4v) is 2.02. The summed E-state index contributed by atoms with van der Waals surface area (Å²) in [4.78, 5) is 14.4. The van der Waals surface area contributed by atoms with E-state index >= 15 is 0 Å². The van der Waals surface area contributed by atoms with E-state index in [2.05, 4.69) is 9.72 Å². The van der Waals surface area contributed by atoms with Crippen LogP contribution < -0.4 is 10.5 Å². The van der Waals surface area contributed by atoms with Crippen molar-refractivity contribution in [3.63, 3.8) is 0 Å². The number of carbonyl (C=O) groups excluding carboxylic acids is 1. The monoisotopic (exact) mass is 314 g/mol. The molecule has 22 heavy (non-hydrogen) atoms. The van der Waals surface area contributed by atoms with Crippen molar-refractivity contribution in [2.45, 2.75) is 13.1 Å². The third kappa shape index (κ3) is 3.16. The number of halogens is 4. The number of carbonyl (C=O) groups is 1. The van der Waals surface area contributed by atoms with Gasteiger partial charge in [-0.1, -0.05) is 0 Å². The quantitative estimate of drug-likeness (QED) is 0.860. The Bertz CT molecular complexity index is 729. The second-order valence-electron chi connectivity index (χ2n) is 4.38. The number of pyridine rings is 1. The highest BCUT2D eigenvalue weighted by Gasteiger charge is 2.35. The molecule has 0 fully saturated rings. The van der Waals surface area contributed by atoms with Crippen molar-refractivity contribution in [1.29, 1.82) is 0 Å². The van der Waals surface area contributed by atoms with E-state index in [1.54, 1.807) is 0 Å². The lowest BCUT2D eigenvalue weighted by atomic mass is 9.98. The van der Waals surface area contributed by atoms with Crippen LogP contribution in [-0.2, 0) is 6.18 Å². The van der Waals surface area contributed by atoms with Gasteiger partial charge in [-0.05, 0) is 25.1 Å². The fraction of sp³-hybridized carbons (Fsp3) is 0.143. The van der Waals surface area contributed by atoms with Gasteiger partial charge in [0, 0.05) is 29.1 Å². The molecule has 0 aliphatic rings. The second-order valence-corrected chi connectivity index (χ2v) is 4.38. The van der Waals surface area contributed by atoms with E-state index < -0.39 is 23.7 Å². The molecule has 2 aromatic rings. The Morgan fingerprint density at radius 2 is 1.95 bits per heavy atom. The van der Waals surface area contributed by atoms with Gasteiger partial charge in [0.1, 0.15) is 11.6 Å². The van der Waals surface area contributed by atoms with Crippen LogP contribution in [0.3, 0.4) is 0 Å². The molecule has 116 valence electrons. The van der Waals surface area contributed by atoms with Crippen molar-refractivity contribution in [1.82, 2.24) is 4.98 Å². The topological polar surface area (TPSA) is 65.2 Å². The average molecular weight is 314 g/mol. The predicted molar refractivity (Wildman–Crippen MR) is 69.6 cm³/mol. The summed E-state index contributed by atoms with van der Waals surface area (Å²) in [6.07, 6.45) is -4.80. The number of amides is 1. The van der Waals surface area contributed by atoms with Crippen molar-refractivity contribution >= 4 is 6.09 Å².